The van der Waals surface area contributed by atoms with Crippen LogP contribution in [0.15, 0.2) is 18.2 Å². The van der Waals surface area contributed by atoms with Crippen molar-refractivity contribution in [1.29, 1.82) is 0 Å². The highest BCUT2D eigenvalue weighted by atomic mass is 16.6. The summed E-state index contributed by atoms with van der Waals surface area (Å²) in [6.07, 6.45) is 3.08. The summed E-state index contributed by atoms with van der Waals surface area (Å²) in [4.78, 5) is 24.6. The highest BCUT2D eigenvalue weighted by molar-refractivity contribution is 5.78. The highest BCUT2D eigenvalue weighted by Crippen LogP contribution is 2.31. The van der Waals surface area contributed by atoms with E-state index in [1.165, 1.54) is 25.3 Å². The predicted octanol–water partition coefficient (Wildman–Crippen LogP) is 2.77. The molecule has 1 fully saturated rings. The molecule has 0 saturated carbocycles. The molecule has 7 heteroatoms. The van der Waals surface area contributed by atoms with Gasteiger partial charge >= 0.3 is 0 Å². The molecule has 2 rings (SSSR count). The molecule has 1 amide bonds. The van der Waals surface area contributed by atoms with E-state index >= 15 is 0 Å². The first-order valence-electron chi connectivity index (χ1n) is 7.70. The fourth-order valence-corrected chi connectivity index (χ4v) is 3.02. The molecule has 2 unspecified atom stereocenters. The number of nitro groups is 1. The first-order valence-corrected chi connectivity index (χ1v) is 7.70. The van der Waals surface area contributed by atoms with Crippen LogP contribution in [0.4, 0.5) is 5.69 Å². The Kier molecular flexibility index (Phi) is 5.41. The van der Waals surface area contributed by atoms with Crippen molar-refractivity contribution >= 4 is 11.6 Å². The third-order valence-electron chi connectivity index (χ3n) is 4.19. The maximum Gasteiger partial charge on any atom is 0.273 e. The van der Waals surface area contributed by atoms with Crippen molar-refractivity contribution < 1.29 is 19.2 Å². The number of ether oxygens (including phenoxy) is 2. The van der Waals surface area contributed by atoms with Gasteiger partial charge < -0.3 is 14.4 Å². The Balaban J connectivity index is 2.08. The van der Waals surface area contributed by atoms with Crippen molar-refractivity contribution in [3.8, 4) is 11.5 Å². The molecule has 1 aliphatic rings. The number of methoxy groups -OCH3 is 1. The van der Waals surface area contributed by atoms with Crippen LogP contribution in [-0.2, 0) is 4.79 Å². The monoisotopic (exact) mass is 322 g/mol. The Morgan fingerprint density at radius 2 is 1.96 bits per heavy atom. The zero-order valence-corrected chi connectivity index (χ0v) is 13.7. The number of non-ortho nitro benzene ring substituents is 1. The van der Waals surface area contributed by atoms with E-state index < -0.39 is 4.92 Å². The number of carbonyl (C=O) groups excluding carboxylic acids is 1. The zero-order chi connectivity index (χ0) is 17.0. The molecule has 0 bridgehead atoms. The lowest BCUT2D eigenvalue weighted by Crippen LogP contribution is -2.49. The normalized spacial score (nSPS) is 20.9. The first kappa shape index (κ1) is 17.1. The van der Waals surface area contributed by atoms with Gasteiger partial charge in [0.15, 0.2) is 18.1 Å². The Labute approximate surface area is 135 Å². The van der Waals surface area contributed by atoms with E-state index in [1.54, 1.807) is 0 Å². The molecule has 2 atom stereocenters. The topological polar surface area (TPSA) is 81.9 Å². The van der Waals surface area contributed by atoms with Gasteiger partial charge in [-0.2, -0.15) is 0 Å². The van der Waals surface area contributed by atoms with E-state index in [0.717, 1.165) is 19.3 Å². The first-order chi connectivity index (χ1) is 10.9. The SMILES string of the molecule is COc1ccc([N+](=O)[O-])cc1OCC(=O)N1C(C)CCCC1C. The van der Waals surface area contributed by atoms with E-state index in [0.29, 0.717) is 5.75 Å². The standard InChI is InChI=1S/C16H22N2O5/c1-11-5-4-6-12(2)17(11)16(19)10-23-15-9-13(18(20)21)7-8-14(15)22-3/h7-9,11-12H,4-6,10H2,1-3H3. The minimum atomic E-state index is -0.511. The van der Waals surface area contributed by atoms with Gasteiger partial charge in [0.2, 0.25) is 0 Å². The van der Waals surface area contributed by atoms with Crippen LogP contribution in [0.25, 0.3) is 0 Å². The smallest absolute Gasteiger partial charge is 0.273 e. The fraction of sp³-hybridized carbons (Fsp3) is 0.562. The average Bonchev–Trinajstić information content (AvgIpc) is 2.52. The molecule has 1 aromatic carbocycles. The van der Waals surface area contributed by atoms with Crippen LogP contribution < -0.4 is 9.47 Å². The molecule has 126 valence electrons. The Hall–Kier alpha value is -2.31. The van der Waals surface area contributed by atoms with Crippen LogP contribution in [0.5, 0.6) is 11.5 Å². The number of likely N-dealkylation sites (tertiary alicyclic amines) is 1. The van der Waals surface area contributed by atoms with Gasteiger partial charge in [-0.1, -0.05) is 0 Å². The predicted molar refractivity (Wildman–Crippen MR) is 84.8 cm³/mol. The second-order valence-electron chi connectivity index (χ2n) is 5.81. The molecule has 0 N–H and O–H groups in total. The van der Waals surface area contributed by atoms with Crippen LogP contribution in [0.2, 0.25) is 0 Å². The van der Waals surface area contributed by atoms with Gasteiger partial charge in [0.1, 0.15) is 0 Å². The van der Waals surface area contributed by atoms with Gasteiger partial charge in [-0.15, -0.1) is 0 Å². The van der Waals surface area contributed by atoms with Crippen LogP contribution in [0.1, 0.15) is 33.1 Å². The summed E-state index contributed by atoms with van der Waals surface area (Å²) in [6.45, 7) is 3.90. The summed E-state index contributed by atoms with van der Waals surface area (Å²) in [5.41, 5.74) is -0.104. The lowest BCUT2D eigenvalue weighted by molar-refractivity contribution is -0.385. The van der Waals surface area contributed by atoms with Crippen molar-refractivity contribution in [2.75, 3.05) is 13.7 Å². The summed E-state index contributed by atoms with van der Waals surface area (Å²) >= 11 is 0. The van der Waals surface area contributed by atoms with E-state index in [9.17, 15) is 14.9 Å². The Bertz CT molecular complexity index is 580. The summed E-state index contributed by atoms with van der Waals surface area (Å²) in [6, 6.07) is 4.44. The lowest BCUT2D eigenvalue weighted by Gasteiger charge is -2.39. The number of nitrogens with zero attached hydrogens (tertiary/aromatic N) is 2. The maximum absolute atomic E-state index is 12.4. The van der Waals surface area contributed by atoms with Gasteiger partial charge in [-0.05, 0) is 39.2 Å². The van der Waals surface area contributed by atoms with Crippen molar-refractivity contribution in [2.45, 2.75) is 45.2 Å². The van der Waals surface area contributed by atoms with Gasteiger partial charge in [0, 0.05) is 18.2 Å². The second kappa shape index (κ2) is 7.30. The number of carbonyl (C=O) groups is 1. The molecular weight excluding hydrogens is 300 g/mol. The number of amides is 1. The van der Waals surface area contributed by atoms with Gasteiger partial charge in [0.25, 0.3) is 11.6 Å². The average molecular weight is 322 g/mol. The zero-order valence-electron chi connectivity index (χ0n) is 13.7. The Morgan fingerprint density at radius 1 is 1.30 bits per heavy atom. The molecule has 1 aliphatic heterocycles. The fourth-order valence-electron chi connectivity index (χ4n) is 3.02. The van der Waals surface area contributed by atoms with Gasteiger partial charge in [-0.25, -0.2) is 0 Å². The molecule has 1 heterocycles. The summed E-state index contributed by atoms with van der Waals surface area (Å²) < 4.78 is 10.6. The molecule has 0 radical (unpaired) electrons. The van der Waals surface area contributed by atoms with Crippen LogP contribution >= 0.6 is 0 Å². The quantitative estimate of drug-likeness (QED) is 0.615. The third kappa shape index (κ3) is 3.91. The minimum absolute atomic E-state index is 0.104. The van der Waals surface area contributed by atoms with E-state index in [2.05, 4.69) is 0 Å². The minimum Gasteiger partial charge on any atom is -0.493 e. The molecule has 23 heavy (non-hydrogen) atoms. The van der Waals surface area contributed by atoms with Crippen LogP contribution in [-0.4, -0.2) is 41.5 Å². The lowest BCUT2D eigenvalue weighted by atomic mass is 9.97. The number of piperidine rings is 1. The number of hydrogen-bond donors (Lipinski definition) is 0. The van der Waals surface area contributed by atoms with E-state index in [4.69, 9.17) is 9.47 Å². The highest BCUT2D eigenvalue weighted by Gasteiger charge is 2.29. The summed E-state index contributed by atoms with van der Waals surface area (Å²) in [5, 5.41) is 10.9. The van der Waals surface area contributed by atoms with Crippen molar-refractivity contribution in [3.05, 3.63) is 28.3 Å². The summed E-state index contributed by atoms with van der Waals surface area (Å²) in [7, 11) is 1.45. The van der Waals surface area contributed by atoms with E-state index in [1.807, 2.05) is 18.7 Å². The molecule has 1 aromatic rings. The van der Waals surface area contributed by atoms with Crippen LogP contribution in [0.3, 0.4) is 0 Å². The third-order valence-corrected chi connectivity index (χ3v) is 4.19. The summed E-state index contributed by atoms with van der Waals surface area (Å²) in [5.74, 6) is 0.453. The molecule has 0 aliphatic carbocycles. The molecular formula is C16H22N2O5. The van der Waals surface area contributed by atoms with Crippen LogP contribution in [0, 0.1) is 10.1 Å². The Morgan fingerprint density at radius 3 is 2.52 bits per heavy atom. The number of rotatable bonds is 5. The second-order valence-corrected chi connectivity index (χ2v) is 5.81. The maximum atomic E-state index is 12.4. The van der Waals surface area contributed by atoms with Gasteiger partial charge in [-0.3, -0.25) is 14.9 Å². The van der Waals surface area contributed by atoms with Crippen molar-refractivity contribution in [3.63, 3.8) is 0 Å². The largest absolute Gasteiger partial charge is 0.493 e. The number of hydrogen-bond acceptors (Lipinski definition) is 5. The number of benzene rings is 1. The van der Waals surface area contributed by atoms with Crippen molar-refractivity contribution in [1.82, 2.24) is 4.90 Å². The van der Waals surface area contributed by atoms with E-state index in [-0.39, 0.29) is 36.0 Å². The molecule has 0 spiro atoms. The van der Waals surface area contributed by atoms with Gasteiger partial charge in [0.05, 0.1) is 18.1 Å². The number of nitro benzene ring substituents is 1. The van der Waals surface area contributed by atoms with Crippen molar-refractivity contribution in [2.24, 2.45) is 0 Å². The molecule has 7 nitrogen and oxygen atoms in total. The molecule has 0 aromatic heterocycles. The molecule has 1 saturated heterocycles.